The second-order valence-corrected chi connectivity index (χ2v) is 8.60. The number of amides is 3. The molecule has 4 rings (SSSR count). The fourth-order valence-corrected chi connectivity index (χ4v) is 4.31. The fraction of sp³-hybridized carbons (Fsp3) is 0.192. The first-order chi connectivity index (χ1) is 17.3. The quantitative estimate of drug-likeness (QED) is 0.256. The van der Waals surface area contributed by atoms with E-state index < -0.39 is 28.7 Å². The summed E-state index contributed by atoms with van der Waals surface area (Å²) < 4.78 is 5.14. The summed E-state index contributed by atoms with van der Waals surface area (Å²) in [5, 5.41) is 11.5. The molecule has 0 aliphatic carbocycles. The van der Waals surface area contributed by atoms with E-state index in [0.717, 1.165) is 10.5 Å². The van der Waals surface area contributed by atoms with E-state index in [1.165, 1.54) is 36.3 Å². The highest BCUT2D eigenvalue weighted by molar-refractivity contribution is 6.30. The predicted octanol–water partition coefficient (Wildman–Crippen LogP) is 4.27. The first kappa shape index (κ1) is 24.9. The monoisotopic (exact) mass is 507 g/mol. The van der Waals surface area contributed by atoms with Crippen molar-refractivity contribution in [1.29, 1.82) is 0 Å². The lowest BCUT2D eigenvalue weighted by atomic mass is 10.1. The standard InChI is InChI=1S/C26H22ClN3O6/c1-36-22-11-9-20(10-12-22)29-24(31)16-23(26(29)33)28(14-13-17-3-2-4-19(27)15-17)25(32)18-5-7-21(8-6-18)30(34)35/h2-12,15,23H,13-14,16H2,1H3. The molecule has 9 nitrogen and oxygen atoms in total. The van der Waals surface area contributed by atoms with Gasteiger partial charge >= 0.3 is 0 Å². The predicted molar refractivity (Wildman–Crippen MR) is 133 cm³/mol. The number of ether oxygens (including phenoxy) is 1. The Hall–Kier alpha value is -4.24. The SMILES string of the molecule is COc1ccc(N2C(=O)CC(N(CCc3cccc(Cl)c3)C(=O)c3ccc([N+](=O)[O-])cc3)C2=O)cc1. The van der Waals surface area contributed by atoms with Crippen LogP contribution in [0.3, 0.4) is 0 Å². The van der Waals surface area contributed by atoms with Crippen LogP contribution in [0.5, 0.6) is 5.75 Å². The summed E-state index contributed by atoms with van der Waals surface area (Å²) in [7, 11) is 1.51. The lowest BCUT2D eigenvalue weighted by Gasteiger charge is -2.28. The van der Waals surface area contributed by atoms with E-state index in [2.05, 4.69) is 0 Å². The van der Waals surface area contributed by atoms with Crippen molar-refractivity contribution >= 4 is 40.7 Å². The minimum absolute atomic E-state index is 0.135. The Morgan fingerprint density at radius 2 is 1.81 bits per heavy atom. The van der Waals surface area contributed by atoms with Gasteiger partial charge in [0, 0.05) is 29.3 Å². The number of hydrogen-bond donors (Lipinski definition) is 0. The highest BCUT2D eigenvalue weighted by Gasteiger charge is 2.44. The Labute approximate surface area is 212 Å². The van der Waals surface area contributed by atoms with Crippen LogP contribution in [0.4, 0.5) is 11.4 Å². The van der Waals surface area contributed by atoms with E-state index in [1.807, 2.05) is 6.07 Å². The van der Waals surface area contributed by atoms with Crippen molar-refractivity contribution in [1.82, 2.24) is 4.90 Å². The molecule has 0 bridgehead atoms. The van der Waals surface area contributed by atoms with Crippen LogP contribution in [0.1, 0.15) is 22.3 Å². The molecule has 1 aliphatic rings. The minimum Gasteiger partial charge on any atom is -0.497 e. The number of methoxy groups -OCH3 is 1. The lowest BCUT2D eigenvalue weighted by Crippen LogP contribution is -2.46. The van der Waals surface area contributed by atoms with Crippen molar-refractivity contribution in [3.8, 4) is 5.75 Å². The maximum Gasteiger partial charge on any atom is 0.269 e. The number of nitro benzene ring substituents is 1. The number of carbonyl (C=O) groups excluding carboxylic acids is 3. The highest BCUT2D eigenvalue weighted by Crippen LogP contribution is 2.29. The first-order valence-corrected chi connectivity index (χ1v) is 11.5. The van der Waals surface area contributed by atoms with Gasteiger partial charge in [-0.05, 0) is 60.5 Å². The first-order valence-electron chi connectivity index (χ1n) is 11.1. The molecule has 1 fully saturated rings. The summed E-state index contributed by atoms with van der Waals surface area (Å²) in [6, 6.07) is 17.7. The third-order valence-corrected chi connectivity index (χ3v) is 6.18. The van der Waals surface area contributed by atoms with Gasteiger partial charge in [-0.3, -0.25) is 24.5 Å². The van der Waals surface area contributed by atoms with Crippen molar-refractivity contribution in [3.63, 3.8) is 0 Å². The maximum atomic E-state index is 13.5. The number of nitro groups is 1. The smallest absolute Gasteiger partial charge is 0.269 e. The summed E-state index contributed by atoms with van der Waals surface area (Å²) in [4.78, 5) is 52.7. The molecule has 0 aromatic heterocycles. The molecule has 36 heavy (non-hydrogen) atoms. The Bertz CT molecular complexity index is 1310. The van der Waals surface area contributed by atoms with E-state index in [1.54, 1.807) is 42.5 Å². The molecule has 0 spiro atoms. The number of imide groups is 1. The van der Waals surface area contributed by atoms with Gasteiger partial charge in [0.05, 0.1) is 24.1 Å². The normalized spacial score (nSPS) is 15.2. The van der Waals surface area contributed by atoms with E-state index >= 15 is 0 Å². The van der Waals surface area contributed by atoms with Crippen LogP contribution in [0.2, 0.25) is 5.02 Å². The molecule has 3 amide bonds. The Balaban J connectivity index is 1.63. The average Bonchev–Trinajstić information content (AvgIpc) is 3.17. The van der Waals surface area contributed by atoms with Crippen LogP contribution >= 0.6 is 11.6 Å². The van der Waals surface area contributed by atoms with Gasteiger partial charge in [-0.1, -0.05) is 23.7 Å². The van der Waals surface area contributed by atoms with Crippen LogP contribution < -0.4 is 9.64 Å². The van der Waals surface area contributed by atoms with E-state index in [0.29, 0.717) is 22.9 Å². The van der Waals surface area contributed by atoms with Crippen molar-refractivity contribution in [3.05, 3.63) is 99.1 Å². The number of benzene rings is 3. The maximum absolute atomic E-state index is 13.5. The van der Waals surface area contributed by atoms with E-state index in [4.69, 9.17) is 16.3 Å². The molecule has 1 heterocycles. The van der Waals surface area contributed by atoms with Gasteiger partial charge in [0.1, 0.15) is 11.8 Å². The summed E-state index contributed by atoms with van der Waals surface area (Å²) in [5.74, 6) is -0.883. The number of anilines is 1. The third-order valence-electron chi connectivity index (χ3n) is 5.95. The molecule has 0 N–H and O–H groups in total. The lowest BCUT2D eigenvalue weighted by molar-refractivity contribution is -0.384. The number of rotatable bonds is 8. The number of hydrogen-bond acceptors (Lipinski definition) is 6. The van der Waals surface area contributed by atoms with E-state index in [-0.39, 0.29) is 24.2 Å². The summed E-state index contributed by atoms with van der Waals surface area (Å²) >= 11 is 6.09. The largest absolute Gasteiger partial charge is 0.497 e. The molecule has 1 saturated heterocycles. The van der Waals surface area contributed by atoms with Crippen LogP contribution in [0.15, 0.2) is 72.8 Å². The zero-order chi connectivity index (χ0) is 25.8. The second kappa shape index (κ2) is 10.6. The number of carbonyl (C=O) groups is 3. The molecule has 0 radical (unpaired) electrons. The van der Waals surface area contributed by atoms with Gasteiger partial charge < -0.3 is 9.64 Å². The minimum atomic E-state index is -1.03. The second-order valence-electron chi connectivity index (χ2n) is 8.17. The van der Waals surface area contributed by atoms with Gasteiger partial charge in [0.2, 0.25) is 5.91 Å². The van der Waals surface area contributed by atoms with Crippen LogP contribution in [0.25, 0.3) is 0 Å². The van der Waals surface area contributed by atoms with Crippen molar-refractivity contribution in [2.75, 3.05) is 18.6 Å². The molecule has 3 aromatic rings. The van der Waals surface area contributed by atoms with Crippen molar-refractivity contribution < 1.29 is 24.0 Å². The average molecular weight is 508 g/mol. The van der Waals surface area contributed by atoms with Gasteiger partial charge in [0.15, 0.2) is 0 Å². The Morgan fingerprint density at radius 3 is 2.42 bits per heavy atom. The highest BCUT2D eigenvalue weighted by atomic mass is 35.5. The van der Waals surface area contributed by atoms with Crippen LogP contribution in [-0.2, 0) is 16.0 Å². The summed E-state index contributed by atoms with van der Waals surface area (Å²) in [6.45, 7) is 0.135. The fourth-order valence-electron chi connectivity index (χ4n) is 4.09. The number of halogens is 1. The van der Waals surface area contributed by atoms with Crippen molar-refractivity contribution in [2.24, 2.45) is 0 Å². The molecule has 1 unspecified atom stereocenters. The molecule has 184 valence electrons. The Kier molecular flexibility index (Phi) is 7.30. The molecular weight excluding hydrogens is 486 g/mol. The van der Waals surface area contributed by atoms with Gasteiger partial charge in [-0.15, -0.1) is 0 Å². The topological polar surface area (TPSA) is 110 Å². The molecule has 0 saturated carbocycles. The third kappa shape index (κ3) is 5.21. The number of non-ortho nitro benzene ring substituents is 1. The Morgan fingerprint density at radius 1 is 1.11 bits per heavy atom. The van der Waals surface area contributed by atoms with E-state index in [9.17, 15) is 24.5 Å². The summed E-state index contributed by atoms with van der Waals surface area (Å²) in [6.07, 6.45) is 0.207. The van der Waals surface area contributed by atoms with Crippen LogP contribution in [-0.4, -0.2) is 47.2 Å². The molecule has 1 atom stereocenters. The molecule has 1 aliphatic heterocycles. The van der Waals surface area contributed by atoms with Crippen molar-refractivity contribution in [2.45, 2.75) is 18.9 Å². The van der Waals surface area contributed by atoms with Gasteiger partial charge in [-0.2, -0.15) is 0 Å². The zero-order valence-corrected chi connectivity index (χ0v) is 20.1. The van der Waals surface area contributed by atoms with Gasteiger partial charge in [0.25, 0.3) is 17.5 Å². The zero-order valence-electron chi connectivity index (χ0n) is 19.3. The summed E-state index contributed by atoms with van der Waals surface area (Å²) in [5.41, 5.74) is 1.25. The molecular formula is C26H22ClN3O6. The molecule has 3 aromatic carbocycles. The van der Waals surface area contributed by atoms with Crippen LogP contribution in [0, 0.1) is 10.1 Å². The molecule has 10 heteroatoms. The van der Waals surface area contributed by atoms with Gasteiger partial charge in [-0.25, -0.2) is 4.90 Å². The number of nitrogens with zero attached hydrogens (tertiary/aromatic N) is 3.